The van der Waals surface area contributed by atoms with Gasteiger partial charge in [0.15, 0.2) is 0 Å². The smallest absolute Gasteiger partial charge is 0.245 e. The lowest BCUT2D eigenvalue weighted by Gasteiger charge is -2.56. The van der Waals surface area contributed by atoms with E-state index in [4.69, 9.17) is 5.73 Å². The van der Waals surface area contributed by atoms with Crippen molar-refractivity contribution in [2.45, 2.75) is 84.2 Å². The molecule has 4 aliphatic carbocycles. The van der Waals surface area contributed by atoms with Crippen LogP contribution in [0.1, 0.15) is 72.1 Å². The van der Waals surface area contributed by atoms with Gasteiger partial charge in [-0.05, 0) is 87.9 Å². The number of nitrogens with one attached hydrogen (secondary N) is 1. The molecule has 3 N–H and O–H groups in total. The van der Waals surface area contributed by atoms with Crippen molar-refractivity contribution in [2.24, 2.45) is 40.7 Å². The molecule has 28 heavy (non-hydrogen) atoms. The summed E-state index contributed by atoms with van der Waals surface area (Å²) in [5, 5.41) is 3.25. The third-order valence-electron chi connectivity index (χ3n) is 8.25. The highest BCUT2D eigenvalue weighted by atomic mass is 16.2. The number of carbonyl (C=O) groups is 2. The summed E-state index contributed by atoms with van der Waals surface area (Å²) in [5.41, 5.74) is 5.91. The van der Waals surface area contributed by atoms with Crippen LogP contribution in [0.15, 0.2) is 0 Å². The van der Waals surface area contributed by atoms with Gasteiger partial charge in [0.1, 0.15) is 6.04 Å². The minimum Gasteiger partial charge on any atom is -0.344 e. The topological polar surface area (TPSA) is 75.4 Å². The average molecular weight is 390 g/mol. The zero-order valence-electron chi connectivity index (χ0n) is 18.0. The molecule has 3 atom stereocenters. The number of piperidine rings is 1. The van der Waals surface area contributed by atoms with E-state index >= 15 is 0 Å². The SMILES string of the molecule is CC(C)C(NC(=O)C12CC3CC(CC(C3)C1)C2)C(=O)N1CCCC(C(C)N)C1. The molecular formula is C23H39N3O2. The first kappa shape index (κ1) is 20.2. The van der Waals surface area contributed by atoms with E-state index in [0.29, 0.717) is 5.92 Å². The van der Waals surface area contributed by atoms with Crippen molar-refractivity contribution in [3.63, 3.8) is 0 Å². The van der Waals surface area contributed by atoms with Crippen molar-refractivity contribution < 1.29 is 9.59 Å². The molecule has 5 rings (SSSR count). The Balaban J connectivity index is 1.45. The van der Waals surface area contributed by atoms with Crippen LogP contribution >= 0.6 is 0 Å². The van der Waals surface area contributed by atoms with Gasteiger partial charge in [-0.15, -0.1) is 0 Å². The van der Waals surface area contributed by atoms with Crippen molar-refractivity contribution in [2.75, 3.05) is 13.1 Å². The quantitative estimate of drug-likeness (QED) is 0.759. The molecule has 1 saturated heterocycles. The van der Waals surface area contributed by atoms with Crippen molar-refractivity contribution in [1.82, 2.24) is 10.2 Å². The molecule has 2 amide bonds. The van der Waals surface area contributed by atoms with Gasteiger partial charge in [0.05, 0.1) is 0 Å². The second kappa shape index (κ2) is 7.62. The van der Waals surface area contributed by atoms with Crippen molar-refractivity contribution in [1.29, 1.82) is 0 Å². The number of likely N-dealkylation sites (tertiary alicyclic amines) is 1. The van der Waals surface area contributed by atoms with E-state index in [1.807, 2.05) is 11.8 Å². The van der Waals surface area contributed by atoms with E-state index in [0.717, 1.165) is 62.9 Å². The van der Waals surface area contributed by atoms with Crippen LogP contribution in [0.2, 0.25) is 0 Å². The van der Waals surface area contributed by atoms with Gasteiger partial charge in [-0.2, -0.15) is 0 Å². The number of rotatable bonds is 5. The van der Waals surface area contributed by atoms with Crippen LogP contribution in [0.25, 0.3) is 0 Å². The highest BCUT2D eigenvalue weighted by Gasteiger charge is 2.55. The van der Waals surface area contributed by atoms with Crippen LogP contribution in [-0.2, 0) is 9.59 Å². The second-order valence-corrected chi connectivity index (χ2v) is 10.9. The lowest BCUT2D eigenvalue weighted by molar-refractivity contribution is -0.151. The Morgan fingerprint density at radius 3 is 2.11 bits per heavy atom. The fraction of sp³-hybridized carbons (Fsp3) is 0.913. The second-order valence-electron chi connectivity index (χ2n) is 10.9. The summed E-state index contributed by atoms with van der Waals surface area (Å²) in [4.78, 5) is 28.8. The molecule has 1 heterocycles. The highest BCUT2D eigenvalue weighted by Crippen LogP contribution is 2.60. The van der Waals surface area contributed by atoms with Crippen LogP contribution < -0.4 is 11.1 Å². The maximum Gasteiger partial charge on any atom is 0.245 e. The molecule has 0 radical (unpaired) electrons. The predicted octanol–water partition coefficient (Wildman–Crippen LogP) is 2.93. The third kappa shape index (κ3) is 3.71. The van der Waals surface area contributed by atoms with Gasteiger partial charge < -0.3 is 16.0 Å². The fourth-order valence-corrected chi connectivity index (χ4v) is 7.03. The molecule has 0 aromatic heterocycles. The van der Waals surface area contributed by atoms with Crippen molar-refractivity contribution in [3.8, 4) is 0 Å². The molecule has 4 bridgehead atoms. The van der Waals surface area contributed by atoms with E-state index in [2.05, 4.69) is 19.2 Å². The Hall–Kier alpha value is -1.10. The Kier molecular flexibility index (Phi) is 5.49. The monoisotopic (exact) mass is 389 g/mol. The third-order valence-corrected chi connectivity index (χ3v) is 8.25. The standard InChI is InChI=1S/C23H39N3O2/c1-14(2)20(21(27)26-6-4-5-19(13-26)15(3)24)25-22(28)23-10-16-7-17(11-23)9-18(8-16)12-23/h14-20H,4-13,24H2,1-3H3,(H,25,28). The van der Waals surface area contributed by atoms with Gasteiger partial charge in [-0.1, -0.05) is 13.8 Å². The first-order chi connectivity index (χ1) is 13.3. The van der Waals surface area contributed by atoms with Crippen LogP contribution in [0.4, 0.5) is 0 Å². The molecule has 0 aromatic carbocycles. The molecule has 0 aromatic rings. The van der Waals surface area contributed by atoms with Gasteiger partial charge in [-0.25, -0.2) is 0 Å². The largest absolute Gasteiger partial charge is 0.344 e. The van der Waals surface area contributed by atoms with Gasteiger partial charge in [0.2, 0.25) is 11.8 Å². The predicted molar refractivity (Wildman–Crippen MR) is 110 cm³/mol. The number of carbonyl (C=O) groups excluding carboxylic acids is 2. The summed E-state index contributed by atoms with van der Waals surface area (Å²) in [6.07, 6.45) is 9.20. The van der Waals surface area contributed by atoms with Gasteiger partial charge in [0, 0.05) is 24.5 Å². The van der Waals surface area contributed by atoms with Crippen LogP contribution in [-0.4, -0.2) is 41.9 Å². The van der Waals surface area contributed by atoms with Gasteiger partial charge in [0.25, 0.3) is 0 Å². The summed E-state index contributed by atoms with van der Waals surface area (Å²) in [5.74, 6) is 2.93. The average Bonchev–Trinajstić information content (AvgIpc) is 2.64. The van der Waals surface area contributed by atoms with E-state index in [1.165, 1.54) is 19.3 Å². The zero-order chi connectivity index (χ0) is 20.1. The molecule has 5 fully saturated rings. The summed E-state index contributed by atoms with van der Waals surface area (Å²) in [7, 11) is 0. The highest BCUT2D eigenvalue weighted by molar-refractivity contribution is 5.90. The summed E-state index contributed by atoms with van der Waals surface area (Å²) < 4.78 is 0. The molecule has 5 nitrogen and oxygen atoms in total. The normalized spacial score (nSPS) is 39.1. The molecule has 0 spiro atoms. The van der Waals surface area contributed by atoms with Gasteiger partial charge in [-0.3, -0.25) is 9.59 Å². The molecule has 3 unspecified atom stereocenters. The van der Waals surface area contributed by atoms with Crippen LogP contribution in [0.5, 0.6) is 0 Å². The lowest BCUT2D eigenvalue weighted by Crippen LogP contribution is -2.59. The van der Waals surface area contributed by atoms with E-state index in [9.17, 15) is 9.59 Å². The number of nitrogens with zero attached hydrogens (tertiary/aromatic N) is 1. The number of hydrogen-bond acceptors (Lipinski definition) is 3. The first-order valence-electron chi connectivity index (χ1n) is 11.6. The van der Waals surface area contributed by atoms with Gasteiger partial charge >= 0.3 is 0 Å². The van der Waals surface area contributed by atoms with E-state index in [1.54, 1.807) is 0 Å². The minimum atomic E-state index is -0.410. The molecule has 1 aliphatic heterocycles. The number of hydrogen-bond donors (Lipinski definition) is 2. The minimum absolute atomic E-state index is 0.0958. The molecule has 158 valence electrons. The Morgan fingerprint density at radius 2 is 1.61 bits per heavy atom. The van der Waals surface area contributed by atoms with E-state index in [-0.39, 0.29) is 29.2 Å². The summed E-state index contributed by atoms with van der Waals surface area (Å²) >= 11 is 0. The first-order valence-corrected chi connectivity index (χ1v) is 11.6. The molecule has 4 saturated carbocycles. The Morgan fingerprint density at radius 1 is 1.04 bits per heavy atom. The Labute approximate surface area is 170 Å². The molecule has 5 heteroatoms. The lowest BCUT2D eigenvalue weighted by atomic mass is 9.49. The number of amides is 2. The summed E-state index contributed by atoms with van der Waals surface area (Å²) in [6.45, 7) is 7.66. The van der Waals surface area contributed by atoms with E-state index < -0.39 is 6.04 Å². The van der Waals surface area contributed by atoms with Crippen molar-refractivity contribution >= 4 is 11.8 Å². The maximum absolute atomic E-state index is 13.5. The molecular weight excluding hydrogens is 350 g/mol. The zero-order valence-corrected chi connectivity index (χ0v) is 18.0. The van der Waals surface area contributed by atoms with Crippen LogP contribution in [0, 0.1) is 35.0 Å². The number of nitrogens with two attached hydrogens (primary N) is 1. The maximum atomic E-state index is 13.5. The molecule has 5 aliphatic rings. The Bertz CT molecular complexity index is 580. The van der Waals surface area contributed by atoms with Crippen LogP contribution in [0.3, 0.4) is 0 Å². The fourth-order valence-electron chi connectivity index (χ4n) is 7.03. The summed E-state index contributed by atoms with van der Waals surface area (Å²) in [6, 6.07) is -0.304. The van der Waals surface area contributed by atoms with Crippen molar-refractivity contribution in [3.05, 3.63) is 0 Å².